The maximum atomic E-state index is 11.0. The first-order valence-electron chi connectivity index (χ1n) is 4.79. The molecule has 3 nitrogen and oxygen atoms in total. The number of benzene rings is 1. The molecule has 0 aromatic heterocycles. The molecule has 0 radical (unpaired) electrons. The molecule has 2 atom stereocenters. The van der Waals surface area contributed by atoms with E-state index in [-0.39, 0.29) is 0 Å². The summed E-state index contributed by atoms with van der Waals surface area (Å²) in [4.78, 5) is 11.0. The topological polar surface area (TPSA) is 57.5 Å². The molecule has 0 fully saturated rings. The number of aliphatic carboxylic acids is 1. The minimum atomic E-state index is -0.953. The van der Waals surface area contributed by atoms with Gasteiger partial charge in [0.1, 0.15) is 5.92 Å². The Balaban J connectivity index is 2.48. The van der Waals surface area contributed by atoms with Gasteiger partial charge in [0, 0.05) is 4.47 Å². The van der Waals surface area contributed by atoms with E-state index in [1.54, 1.807) is 6.07 Å². The maximum absolute atomic E-state index is 11.0. The van der Waals surface area contributed by atoms with E-state index in [4.69, 9.17) is 5.11 Å². The minimum Gasteiger partial charge on any atom is -0.481 e. The summed E-state index contributed by atoms with van der Waals surface area (Å²) >= 11 is 3.35. The third-order valence-corrected chi connectivity index (χ3v) is 3.29. The Morgan fingerprint density at radius 1 is 1.47 bits per heavy atom. The third-order valence-electron chi connectivity index (χ3n) is 2.80. The molecule has 2 unspecified atom stereocenters. The van der Waals surface area contributed by atoms with Crippen LogP contribution >= 0.6 is 15.9 Å². The first kappa shape index (κ1) is 10.6. The molecule has 0 saturated carbocycles. The predicted molar refractivity (Wildman–Crippen MR) is 58.8 cm³/mol. The molecular weight excluding hydrogens is 260 g/mol. The lowest BCUT2D eigenvalue weighted by Gasteiger charge is -2.27. The molecule has 1 aromatic carbocycles. The van der Waals surface area contributed by atoms with Crippen molar-refractivity contribution in [3.8, 4) is 0 Å². The number of aliphatic hydroxyl groups is 1. The monoisotopic (exact) mass is 270 g/mol. The summed E-state index contributed by atoms with van der Waals surface area (Å²) in [6, 6.07) is 5.52. The van der Waals surface area contributed by atoms with E-state index in [0.29, 0.717) is 6.42 Å². The number of aliphatic hydroxyl groups excluding tert-OH is 1. The van der Waals surface area contributed by atoms with Gasteiger partial charge in [0.2, 0.25) is 0 Å². The second-order valence-corrected chi connectivity index (χ2v) is 4.68. The van der Waals surface area contributed by atoms with Crippen molar-refractivity contribution in [2.24, 2.45) is 0 Å². The molecule has 0 spiro atoms. The predicted octanol–water partition coefficient (Wildman–Crippen LogP) is 1.92. The number of hydrogen-bond acceptors (Lipinski definition) is 2. The van der Waals surface area contributed by atoms with E-state index in [9.17, 15) is 9.90 Å². The summed E-state index contributed by atoms with van der Waals surface area (Å²) in [5.41, 5.74) is 1.76. The highest BCUT2D eigenvalue weighted by Gasteiger charge is 2.33. The number of aryl methyl sites for hydroxylation is 1. The highest BCUT2D eigenvalue weighted by Crippen LogP contribution is 2.33. The molecule has 0 amide bonds. The molecule has 0 saturated heterocycles. The van der Waals surface area contributed by atoms with Gasteiger partial charge in [-0.05, 0) is 36.1 Å². The Bertz CT molecular complexity index is 403. The zero-order chi connectivity index (χ0) is 11.0. The van der Waals surface area contributed by atoms with Crippen LogP contribution in [0, 0.1) is 0 Å². The van der Waals surface area contributed by atoms with Gasteiger partial charge < -0.3 is 10.2 Å². The van der Waals surface area contributed by atoms with Crippen molar-refractivity contribution in [1.82, 2.24) is 0 Å². The van der Waals surface area contributed by atoms with Crippen LogP contribution in [0.3, 0.4) is 0 Å². The molecule has 1 aromatic rings. The summed E-state index contributed by atoms with van der Waals surface area (Å²) in [7, 11) is 0. The van der Waals surface area contributed by atoms with Crippen LogP contribution in [0.1, 0.15) is 23.5 Å². The normalized spacial score (nSPS) is 24.7. The first-order chi connectivity index (χ1) is 7.09. The molecule has 80 valence electrons. The van der Waals surface area contributed by atoms with E-state index < -0.39 is 18.0 Å². The highest BCUT2D eigenvalue weighted by molar-refractivity contribution is 9.10. The standard InChI is InChI=1S/C11H11BrO3/c12-7-2-3-8-6(5-7)1-4-9(13)10(8)11(14)15/h2-3,5,9-10,13H,1,4H2,(H,14,15). The van der Waals surface area contributed by atoms with Crippen molar-refractivity contribution in [3.05, 3.63) is 33.8 Å². The van der Waals surface area contributed by atoms with E-state index >= 15 is 0 Å². The fourth-order valence-corrected chi connectivity index (χ4v) is 2.48. The van der Waals surface area contributed by atoms with Gasteiger partial charge in [-0.25, -0.2) is 0 Å². The minimum absolute atomic E-state index is 0.514. The second kappa shape index (κ2) is 3.94. The van der Waals surface area contributed by atoms with Crippen LogP contribution in [0.15, 0.2) is 22.7 Å². The van der Waals surface area contributed by atoms with Gasteiger partial charge in [0.15, 0.2) is 0 Å². The van der Waals surface area contributed by atoms with Gasteiger partial charge in [-0.1, -0.05) is 22.0 Å². The largest absolute Gasteiger partial charge is 0.481 e. The fourth-order valence-electron chi connectivity index (χ4n) is 2.07. The van der Waals surface area contributed by atoms with Gasteiger partial charge in [-0.3, -0.25) is 4.79 Å². The molecule has 15 heavy (non-hydrogen) atoms. The van der Waals surface area contributed by atoms with E-state index in [1.165, 1.54) is 0 Å². The van der Waals surface area contributed by atoms with Gasteiger partial charge in [0.25, 0.3) is 0 Å². The van der Waals surface area contributed by atoms with Crippen LogP contribution in [0.25, 0.3) is 0 Å². The van der Waals surface area contributed by atoms with Crippen molar-refractivity contribution in [3.63, 3.8) is 0 Å². The number of carbonyl (C=O) groups is 1. The molecule has 1 aliphatic rings. The van der Waals surface area contributed by atoms with Crippen molar-refractivity contribution in [2.45, 2.75) is 24.9 Å². The first-order valence-corrected chi connectivity index (χ1v) is 5.58. The van der Waals surface area contributed by atoms with E-state index in [2.05, 4.69) is 15.9 Å². The lowest BCUT2D eigenvalue weighted by molar-refractivity contribution is -0.142. The highest BCUT2D eigenvalue weighted by atomic mass is 79.9. The number of rotatable bonds is 1. The molecule has 0 aliphatic heterocycles. The van der Waals surface area contributed by atoms with Crippen LogP contribution in [0.5, 0.6) is 0 Å². The van der Waals surface area contributed by atoms with Crippen molar-refractivity contribution in [2.75, 3.05) is 0 Å². The third kappa shape index (κ3) is 1.92. The zero-order valence-corrected chi connectivity index (χ0v) is 9.57. The number of carboxylic acid groups (broad SMARTS) is 1. The van der Waals surface area contributed by atoms with E-state index in [1.807, 2.05) is 12.1 Å². The summed E-state index contributed by atoms with van der Waals surface area (Å²) in [6.45, 7) is 0. The lowest BCUT2D eigenvalue weighted by Crippen LogP contribution is -2.31. The average molecular weight is 271 g/mol. The smallest absolute Gasteiger partial charge is 0.313 e. The number of halogens is 1. The molecular formula is C11H11BrO3. The van der Waals surface area contributed by atoms with Crippen LogP contribution in [-0.4, -0.2) is 22.3 Å². The lowest BCUT2D eigenvalue weighted by atomic mass is 9.81. The van der Waals surface area contributed by atoms with Crippen LogP contribution in [0.2, 0.25) is 0 Å². The molecule has 1 aliphatic carbocycles. The summed E-state index contributed by atoms with van der Waals surface area (Å²) in [6.07, 6.45) is 0.483. The van der Waals surface area contributed by atoms with Crippen LogP contribution in [0.4, 0.5) is 0 Å². The summed E-state index contributed by atoms with van der Waals surface area (Å²) in [5.74, 6) is -1.73. The zero-order valence-electron chi connectivity index (χ0n) is 7.98. The SMILES string of the molecule is O=C(O)C1c2ccc(Br)cc2CCC1O. The molecule has 0 bridgehead atoms. The second-order valence-electron chi connectivity index (χ2n) is 3.77. The number of carboxylic acids is 1. The van der Waals surface area contributed by atoms with Crippen molar-refractivity contribution < 1.29 is 15.0 Å². The quantitative estimate of drug-likeness (QED) is 0.820. The van der Waals surface area contributed by atoms with Gasteiger partial charge >= 0.3 is 5.97 Å². The number of hydrogen-bond donors (Lipinski definition) is 2. The Hall–Kier alpha value is -0.870. The van der Waals surface area contributed by atoms with E-state index in [0.717, 1.165) is 22.0 Å². The van der Waals surface area contributed by atoms with Gasteiger partial charge in [-0.2, -0.15) is 0 Å². The van der Waals surface area contributed by atoms with Crippen molar-refractivity contribution >= 4 is 21.9 Å². The average Bonchev–Trinajstić information content (AvgIpc) is 2.17. The number of fused-ring (bicyclic) bond motifs is 1. The van der Waals surface area contributed by atoms with Crippen LogP contribution < -0.4 is 0 Å². The van der Waals surface area contributed by atoms with Gasteiger partial charge in [0.05, 0.1) is 6.10 Å². The molecule has 0 heterocycles. The molecule has 4 heteroatoms. The Kier molecular flexibility index (Phi) is 2.80. The Morgan fingerprint density at radius 2 is 2.20 bits per heavy atom. The maximum Gasteiger partial charge on any atom is 0.313 e. The molecule has 2 rings (SSSR count). The Labute approximate surface area is 95.9 Å². The summed E-state index contributed by atoms with van der Waals surface area (Å²) < 4.78 is 0.946. The Morgan fingerprint density at radius 3 is 2.87 bits per heavy atom. The van der Waals surface area contributed by atoms with Gasteiger partial charge in [-0.15, -0.1) is 0 Å². The summed E-state index contributed by atoms with van der Waals surface area (Å²) in [5, 5.41) is 18.7. The van der Waals surface area contributed by atoms with Crippen molar-refractivity contribution in [1.29, 1.82) is 0 Å². The fraction of sp³-hybridized carbons (Fsp3) is 0.364. The molecule has 2 N–H and O–H groups in total. The van der Waals surface area contributed by atoms with Crippen LogP contribution in [-0.2, 0) is 11.2 Å².